The maximum Gasteiger partial charge on any atom is 0.221 e. The lowest BCUT2D eigenvalue weighted by Crippen LogP contribution is -2.00. The van der Waals surface area contributed by atoms with Crippen LogP contribution in [0.2, 0.25) is 0 Å². The van der Waals surface area contributed by atoms with Gasteiger partial charge in [-0.05, 0) is 25.7 Å². The fourth-order valence-corrected chi connectivity index (χ4v) is 3.45. The smallest absolute Gasteiger partial charge is 0.221 e. The molecule has 1 aromatic carbocycles. The van der Waals surface area contributed by atoms with Crippen molar-refractivity contribution in [3.05, 3.63) is 51.5 Å². The molecule has 2 aromatic rings. The number of ketones is 1. The zero-order valence-corrected chi connectivity index (χ0v) is 11.0. The molecule has 0 bridgehead atoms. The minimum atomic E-state index is 0.0636. The van der Waals surface area contributed by atoms with E-state index >= 15 is 0 Å². The lowest BCUT2D eigenvalue weighted by molar-refractivity contribution is 0.103. The number of carbonyl (C=O) groups is 1. The molecule has 0 saturated carbocycles. The number of hydrogen-bond donors (Lipinski definition) is 0. The number of nitrogens with zero attached hydrogens (tertiary/aromatic N) is 1. The summed E-state index contributed by atoms with van der Waals surface area (Å²) in [6, 6.07) is 9.43. The second kappa shape index (κ2) is 5.02. The van der Waals surface area contributed by atoms with Crippen LogP contribution in [0.4, 0.5) is 0 Å². The van der Waals surface area contributed by atoms with Gasteiger partial charge in [0.05, 0.1) is 5.69 Å². The molecule has 1 aromatic heterocycles. The van der Waals surface area contributed by atoms with Crippen molar-refractivity contribution in [2.45, 2.75) is 32.1 Å². The fourth-order valence-electron chi connectivity index (χ4n) is 2.34. The first kappa shape index (κ1) is 11.6. The summed E-state index contributed by atoms with van der Waals surface area (Å²) < 4.78 is 0. The predicted molar refractivity (Wildman–Crippen MR) is 73.2 cm³/mol. The lowest BCUT2D eigenvalue weighted by Gasteiger charge is -1.96. The summed E-state index contributed by atoms with van der Waals surface area (Å²) in [6.07, 6.45) is 5.85. The predicted octanol–water partition coefficient (Wildman–Crippen LogP) is 3.64. The van der Waals surface area contributed by atoms with E-state index in [0.717, 1.165) is 24.1 Å². The third-order valence-electron chi connectivity index (χ3n) is 3.33. The molecular formula is C15H15NOS. The number of benzene rings is 1. The molecular weight excluding hydrogens is 242 g/mol. The van der Waals surface area contributed by atoms with Gasteiger partial charge in [-0.2, -0.15) is 0 Å². The third-order valence-corrected chi connectivity index (χ3v) is 4.48. The minimum absolute atomic E-state index is 0.0636. The summed E-state index contributed by atoms with van der Waals surface area (Å²) >= 11 is 1.59. The normalized spacial score (nSPS) is 14.9. The average molecular weight is 257 g/mol. The van der Waals surface area contributed by atoms with Crippen molar-refractivity contribution in [3.63, 3.8) is 0 Å². The molecule has 0 N–H and O–H groups in total. The van der Waals surface area contributed by atoms with E-state index in [1.54, 1.807) is 11.3 Å². The standard InChI is InChI=1S/C15H15NOS/c17-14(11-7-3-1-4-8-11)15-16-12-9-5-2-6-10-13(12)18-15/h1,3-4,7-8H,2,5-6,9-10H2. The monoisotopic (exact) mass is 257 g/mol. The Hall–Kier alpha value is -1.48. The molecule has 0 radical (unpaired) electrons. The third kappa shape index (κ3) is 2.23. The van der Waals surface area contributed by atoms with Crippen LogP contribution >= 0.6 is 11.3 Å². The van der Waals surface area contributed by atoms with Crippen LogP contribution in [-0.2, 0) is 12.8 Å². The van der Waals surface area contributed by atoms with Gasteiger partial charge in [-0.15, -0.1) is 11.3 Å². The molecule has 0 aliphatic heterocycles. The van der Waals surface area contributed by atoms with Crippen LogP contribution in [0, 0.1) is 0 Å². The molecule has 1 aliphatic rings. The minimum Gasteiger partial charge on any atom is -0.286 e. The molecule has 0 unspecified atom stereocenters. The first-order chi connectivity index (χ1) is 8.84. The molecule has 1 heterocycles. The summed E-state index contributed by atoms with van der Waals surface area (Å²) in [4.78, 5) is 18.2. The zero-order chi connectivity index (χ0) is 12.4. The van der Waals surface area contributed by atoms with Crippen molar-refractivity contribution in [1.29, 1.82) is 0 Å². The highest BCUT2D eigenvalue weighted by atomic mass is 32.1. The zero-order valence-electron chi connectivity index (χ0n) is 10.2. The van der Waals surface area contributed by atoms with Crippen LogP contribution in [-0.4, -0.2) is 10.8 Å². The van der Waals surface area contributed by atoms with Gasteiger partial charge >= 0.3 is 0 Å². The number of aryl methyl sites for hydroxylation is 2. The van der Waals surface area contributed by atoms with Crippen molar-refractivity contribution in [2.24, 2.45) is 0 Å². The SMILES string of the molecule is O=C(c1ccccc1)c1nc2c(s1)CCCCC2. The largest absolute Gasteiger partial charge is 0.286 e. The molecule has 18 heavy (non-hydrogen) atoms. The summed E-state index contributed by atoms with van der Waals surface area (Å²) in [5.74, 6) is 0.0636. The number of fused-ring (bicyclic) bond motifs is 1. The van der Waals surface area contributed by atoms with E-state index in [2.05, 4.69) is 4.98 Å². The van der Waals surface area contributed by atoms with Crippen LogP contribution in [0.3, 0.4) is 0 Å². The van der Waals surface area contributed by atoms with Gasteiger partial charge in [-0.3, -0.25) is 4.79 Å². The number of carbonyl (C=O) groups excluding carboxylic acids is 1. The highest BCUT2D eigenvalue weighted by Gasteiger charge is 2.18. The van der Waals surface area contributed by atoms with Crippen LogP contribution < -0.4 is 0 Å². The van der Waals surface area contributed by atoms with Crippen molar-refractivity contribution in [2.75, 3.05) is 0 Å². The first-order valence-electron chi connectivity index (χ1n) is 6.43. The Morgan fingerprint density at radius 3 is 2.67 bits per heavy atom. The van der Waals surface area contributed by atoms with Crippen LogP contribution in [0.5, 0.6) is 0 Å². The van der Waals surface area contributed by atoms with Gasteiger partial charge < -0.3 is 0 Å². The van der Waals surface area contributed by atoms with Crippen LogP contribution in [0.25, 0.3) is 0 Å². The van der Waals surface area contributed by atoms with E-state index in [0.29, 0.717) is 5.01 Å². The number of hydrogen-bond acceptors (Lipinski definition) is 3. The van der Waals surface area contributed by atoms with Gasteiger partial charge in [0, 0.05) is 10.4 Å². The maximum atomic E-state index is 12.3. The van der Waals surface area contributed by atoms with E-state index in [1.807, 2.05) is 30.3 Å². The Kier molecular flexibility index (Phi) is 3.24. The fraction of sp³-hybridized carbons (Fsp3) is 0.333. The highest BCUT2D eigenvalue weighted by Crippen LogP contribution is 2.27. The molecule has 0 spiro atoms. The Labute approximate surface area is 111 Å². The molecule has 0 saturated heterocycles. The van der Waals surface area contributed by atoms with E-state index in [-0.39, 0.29) is 5.78 Å². The number of aromatic nitrogens is 1. The van der Waals surface area contributed by atoms with Crippen LogP contribution in [0.15, 0.2) is 30.3 Å². The van der Waals surface area contributed by atoms with E-state index < -0.39 is 0 Å². The van der Waals surface area contributed by atoms with E-state index in [1.165, 1.54) is 24.1 Å². The van der Waals surface area contributed by atoms with Crippen LogP contribution in [0.1, 0.15) is 45.2 Å². The molecule has 0 fully saturated rings. The topological polar surface area (TPSA) is 30.0 Å². The molecule has 2 nitrogen and oxygen atoms in total. The molecule has 92 valence electrons. The van der Waals surface area contributed by atoms with Crippen molar-refractivity contribution in [3.8, 4) is 0 Å². The molecule has 1 aliphatic carbocycles. The van der Waals surface area contributed by atoms with E-state index in [9.17, 15) is 4.79 Å². The second-order valence-corrected chi connectivity index (χ2v) is 5.73. The van der Waals surface area contributed by atoms with Gasteiger partial charge in [0.25, 0.3) is 0 Å². The van der Waals surface area contributed by atoms with Crippen molar-refractivity contribution >= 4 is 17.1 Å². The maximum absolute atomic E-state index is 12.3. The first-order valence-corrected chi connectivity index (χ1v) is 7.24. The highest BCUT2D eigenvalue weighted by molar-refractivity contribution is 7.14. The lowest BCUT2D eigenvalue weighted by atomic mass is 10.1. The Bertz CT molecular complexity index is 536. The molecule has 0 atom stereocenters. The summed E-state index contributed by atoms with van der Waals surface area (Å²) in [6.45, 7) is 0. The number of rotatable bonds is 2. The van der Waals surface area contributed by atoms with Gasteiger partial charge in [-0.25, -0.2) is 4.98 Å². The van der Waals surface area contributed by atoms with Gasteiger partial charge in [0.15, 0.2) is 5.01 Å². The number of thiazole rings is 1. The Balaban J connectivity index is 1.91. The van der Waals surface area contributed by atoms with Gasteiger partial charge in [-0.1, -0.05) is 36.8 Å². The van der Waals surface area contributed by atoms with E-state index in [4.69, 9.17) is 0 Å². The summed E-state index contributed by atoms with van der Waals surface area (Å²) in [5, 5.41) is 0.660. The van der Waals surface area contributed by atoms with Crippen molar-refractivity contribution in [1.82, 2.24) is 4.98 Å². The summed E-state index contributed by atoms with van der Waals surface area (Å²) in [5.41, 5.74) is 1.90. The average Bonchev–Trinajstić information content (AvgIpc) is 2.70. The molecule has 3 heteroatoms. The van der Waals surface area contributed by atoms with Gasteiger partial charge in [0.2, 0.25) is 5.78 Å². The quantitative estimate of drug-likeness (QED) is 0.607. The molecule has 0 amide bonds. The van der Waals surface area contributed by atoms with Gasteiger partial charge in [0.1, 0.15) is 0 Å². The van der Waals surface area contributed by atoms with Crippen molar-refractivity contribution < 1.29 is 4.79 Å². The Morgan fingerprint density at radius 1 is 1.06 bits per heavy atom. The Morgan fingerprint density at radius 2 is 1.83 bits per heavy atom. The second-order valence-electron chi connectivity index (χ2n) is 4.64. The summed E-state index contributed by atoms with van der Waals surface area (Å²) in [7, 11) is 0. The molecule has 3 rings (SSSR count).